The maximum absolute atomic E-state index is 12.6. The molecule has 0 atom stereocenters. The van der Waals surface area contributed by atoms with E-state index < -0.39 is 0 Å². The Morgan fingerprint density at radius 2 is 1.71 bits per heavy atom. The van der Waals surface area contributed by atoms with Crippen LogP contribution in [0.4, 0.5) is 0 Å². The van der Waals surface area contributed by atoms with Gasteiger partial charge in [-0.25, -0.2) is 0 Å². The number of carbonyl (C=O) groups is 2. The van der Waals surface area contributed by atoms with Crippen molar-refractivity contribution in [3.05, 3.63) is 69.2 Å². The molecule has 0 aromatic heterocycles. The molecule has 0 heterocycles. The van der Waals surface area contributed by atoms with Gasteiger partial charge in [-0.1, -0.05) is 41.4 Å². The van der Waals surface area contributed by atoms with E-state index in [2.05, 4.69) is 12.6 Å². The molecule has 0 unspecified atom stereocenters. The molecule has 2 aromatic rings. The van der Waals surface area contributed by atoms with Gasteiger partial charge in [0.15, 0.2) is 5.78 Å². The van der Waals surface area contributed by atoms with E-state index in [0.29, 0.717) is 26.7 Å². The molecule has 0 amide bonds. The summed E-state index contributed by atoms with van der Waals surface area (Å²) in [6.07, 6.45) is 0.145. The van der Waals surface area contributed by atoms with Crippen molar-refractivity contribution in [1.29, 1.82) is 0 Å². The quantitative estimate of drug-likeness (QED) is 0.652. The average Bonchev–Trinajstić information content (AvgIpc) is 2.48. The van der Waals surface area contributed by atoms with Crippen molar-refractivity contribution < 1.29 is 9.59 Å². The summed E-state index contributed by atoms with van der Waals surface area (Å²) in [6, 6.07) is 11.7. The average molecular weight is 339 g/mol. The third kappa shape index (κ3) is 3.88. The van der Waals surface area contributed by atoms with Crippen molar-refractivity contribution in [3.8, 4) is 0 Å². The molecule has 0 aliphatic rings. The third-order valence-electron chi connectivity index (χ3n) is 3.00. The van der Waals surface area contributed by atoms with Crippen LogP contribution in [0.2, 0.25) is 10.0 Å². The summed E-state index contributed by atoms with van der Waals surface area (Å²) >= 11 is 16.0. The Labute approximate surface area is 138 Å². The Morgan fingerprint density at radius 3 is 2.38 bits per heavy atom. The Bertz CT molecular complexity index is 698. The van der Waals surface area contributed by atoms with Crippen molar-refractivity contribution in [3.63, 3.8) is 0 Å². The van der Waals surface area contributed by atoms with Gasteiger partial charge in [0, 0.05) is 28.3 Å². The van der Waals surface area contributed by atoms with Crippen LogP contribution in [0.25, 0.3) is 0 Å². The fourth-order valence-corrected chi connectivity index (χ4v) is 2.48. The van der Waals surface area contributed by atoms with E-state index in [1.165, 1.54) is 0 Å². The normalized spacial score (nSPS) is 10.4. The van der Waals surface area contributed by atoms with Crippen LogP contribution in [-0.2, 0) is 11.2 Å². The Hall–Kier alpha value is -1.29. The molecule has 0 saturated carbocycles. The van der Waals surface area contributed by atoms with Gasteiger partial charge in [-0.15, -0.1) is 0 Å². The van der Waals surface area contributed by atoms with Crippen molar-refractivity contribution in [2.24, 2.45) is 0 Å². The summed E-state index contributed by atoms with van der Waals surface area (Å²) in [5.74, 6) is -0.179. The lowest BCUT2D eigenvalue weighted by molar-refractivity contribution is -0.115. The van der Waals surface area contributed by atoms with Gasteiger partial charge in [0.05, 0.1) is 5.02 Å². The third-order valence-corrected chi connectivity index (χ3v) is 3.92. The molecule has 0 radical (unpaired) electrons. The zero-order chi connectivity index (χ0) is 15.4. The second-order valence-electron chi connectivity index (χ2n) is 4.48. The highest BCUT2D eigenvalue weighted by Gasteiger charge is 2.18. The Kier molecular flexibility index (Phi) is 5.45. The summed E-state index contributed by atoms with van der Waals surface area (Å²) in [5.41, 5.74) is 1.41. The van der Waals surface area contributed by atoms with Gasteiger partial charge in [0.2, 0.25) is 0 Å². The van der Waals surface area contributed by atoms with Crippen LogP contribution in [0.1, 0.15) is 21.5 Å². The zero-order valence-electron chi connectivity index (χ0n) is 11.0. The monoisotopic (exact) mass is 338 g/mol. The lowest BCUT2D eigenvalue weighted by Crippen LogP contribution is -2.11. The lowest BCUT2D eigenvalue weighted by Gasteiger charge is -2.09. The Morgan fingerprint density at radius 1 is 1.00 bits per heavy atom. The first kappa shape index (κ1) is 16.1. The summed E-state index contributed by atoms with van der Waals surface area (Å²) in [6.45, 7) is 0. The largest absolute Gasteiger partial charge is 0.298 e. The zero-order valence-corrected chi connectivity index (χ0v) is 13.4. The second-order valence-corrected chi connectivity index (χ2v) is 5.64. The molecule has 0 fully saturated rings. The minimum atomic E-state index is -0.245. The number of ketones is 2. The molecule has 0 aliphatic heterocycles. The van der Waals surface area contributed by atoms with E-state index in [1.807, 2.05) is 0 Å². The number of thiol groups is 1. The molecular weight excluding hydrogens is 327 g/mol. The van der Waals surface area contributed by atoms with Gasteiger partial charge in [-0.2, -0.15) is 12.6 Å². The van der Waals surface area contributed by atoms with Crippen LogP contribution >= 0.6 is 35.8 Å². The van der Waals surface area contributed by atoms with Crippen LogP contribution in [0, 0.1) is 0 Å². The van der Waals surface area contributed by atoms with Crippen LogP contribution < -0.4 is 0 Å². The molecule has 0 spiro atoms. The molecule has 0 N–H and O–H groups in total. The standard InChI is InChI=1S/C16H12Cl2O2S/c17-11-6-5-10(7-12(19)9-21)14(8-11)16(20)13-3-1-2-4-15(13)18/h1-6,8,21H,7,9H2. The summed E-state index contributed by atoms with van der Waals surface area (Å²) in [7, 11) is 0. The van der Waals surface area contributed by atoms with E-state index >= 15 is 0 Å². The molecule has 21 heavy (non-hydrogen) atoms. The predicted octanol–water partition coefficient (Wildman–Crippen LogP) is 4.27. The first-order chi connectivity index (χ1) is 10.0. The van der Waals surface area contributed by atoms with Crippen LogP contribution in [0.15, 0.2) is 42.5 Å². The van der Waals surface area contributed by atoms with Gasteiger partial charge in [0.1, 0.15) is 5.78 Å². The number of benzene rings is 2. The number of carbonyl (C=O) groups excluding carboxylic acids is 2. The van der Waals surface area contributed by atoms with Gasteiger partial charge in [-0.3, -0.25) is 9.59 Å². The number of hydrogen-bond donors (Lipinski definition) is 1. The number of hydrogen-bond acceptors (Lipinski definition) is 3. The highest BCUT2D eigenvalue weighted by molar-refractivity contribution is 7.81. The molecule has 0 saturated heterocycles. The van der Waals surface area contributed by atoms with Gasteiger partial charge in [0.25, 0.3) is 0 Å². The summed E-state index contributed by atoms with van der Waals surface area (Å²) in [5, 5.41) is 0.807. The van der Waals surface area contributed by atoms with Crippen LogP contribution in [0.3, 0.4) is 0 Å². The number of halogens is 2. The van der Waals surface area contributed by atoms with E-state index in [-0.39, 0.29) is 23.7 Å². The SMILES string of the molecule is O=C(CS)Cc1ccc(Cl)cc1C(=O)c1ccccc1Cl. The fraction of sp³-hybridized carbons (Fsp3) is 0.125. The highest BCUT2D eigenvalue weighted by Crippen LogP contribution is 2.24. The van der Waals surface area contributed by atoms with Crippen molar-refractivity contribution in [2.75, 3.05) is 5.75 Å². The van der Waals surface area contributed by atoms with Gasteiger partial charge >= 0.3 is 0 Å². The van der Waals surface area contributed by atoms with Crippen molar-refractivity contribution in [1.82, 2.24) is 0 Å². The number of rotatable bonds is 5. The first-order valence-corrected chi connectivity index (χ1v) is 7.62. The first-order valence-electron chi connectivity index (χ1n) is 6.23. The molecular formula is C16H12Cl2O2S. The van der Waals surface area contributed by atoms with Crippen molar-refractivity contribution >= 4 is 47.4 Å². The molecule has 2 nitrogen and oxygen atoms in total. The summed E-state index contributed by atoms with van der Waals surface area (Å²) < 4.78 is 0. The minimum Gasteiger partial charge on any atom is -0.298 e. The molecule has 2 rings (SSSR count). The molecule has 2 aromatic carbocycles. The fourth-order valence-electron chi connectivity index (χ4n) is 1.97. The van der Waals surface area contributed by atoms with Gasteiger partial charge < -0.3 is 0 Å². The minimum absolute atomic E-state index is 0.0612. The van der Waals surface area contributed by atoms with Gasteiger partial charge in [-0.05, 0) is 29.8 Å². The Balaban J connectivity index is 2.47. The van der Waals surface area contributed by atoms with Crippen LogP contribution in [-0.4, -0.2) is 17.3 Å². The maximum atomic E-state index is 12.6. The van der Waals surface area contributed by atoms with E-state index in [9.17, 15) is 9.59 Å². The summed E-state index contributed by atoms with van der Waals surface area (Å²) in [4.78, 5) is 24.2. The topological polar surface area (TPSA) is 34.1 Å². The molecule has 5 heteroatoms. The molecule has 108 valence electrons. The number of Topliss-reactive ketones (excluding diaryl/α,β-unsaturated/α-hetero) is 1. The van der Waals surface area contributed by atoms with Crippen LogP contribution in [0.5, 0.6) is 0 Å². The predicted molar refractivity (Wildman–Crippen MR) is 88.9 cm³/mol. The van der Waals surface area contributed by atoms with E-state index in [4.69, 9.17) is 23.2 Å². The molecule has 0 bridgehead atoms. The molecule has 0 aliphatic carbocycles. The van der Waals surface area contributed by atoms with E-state index in [1.54, 1.807) is 42.5 Å². The second kappa shape index (κ2) is 7.12. The van der Waals surface area contributed by atoms with Crippen molar-refractivity contribution in [2.45, 2.75) is 6.42 Å². The smallest absolute Gasteiger partial charge is 0.194 e. The van der Waals surface area contributed by atoms with E-state index in [0.717, 1.165) is 0 Å². The lowest BCUT2D eigenvalue weighted by atomic mass is 9.95. The highest BCUT2D eigenvalue weighted by atomic mass is 35.5. The maximum Gasteiger partial charge on any atom is 0.194 e.